The molecule has 0 N–H and O–H groups in total. The fourth-order valence-electron chi connectivity index (χ4n) is 3.14. The van der Waals surface area contributed by atoms with Gasteiger partial charge in [-0.2, -0.15) is 0 Å². The Labute approximate surface area is 185 Å². The molecule has 0 spiro atoms. The van der Waals surface area contributed by atoms with E-state index in [1.54, 1.807) is 18.2 Å². The van der Waals surface area contributed by atoms with Gasteiger partial charge in [-0.25, -0.2) is 0 Å². The quantitative estimate of drug-likeness (QED) is 0.732. The summed E-state index contributed by atoms with van der Waals surface area (Å²) in [5.41, 5.74) is -0.259. The number of rotatable bonds is 6. The van der Waals surface area contributed by atoms with Gasteiger partial charge >= 0.3 is 0 Å². The molecular formula is C24H29NO3. The van der Waals surface area contributed by atoms with Gasteiger partial charge in [0.25, 0.3) is 0 Å². The van der Waals surface area contributed by atoms with Crippen LogP contribution in [0.4, 0.5) is 0 Å². The minimum atomic E-state index is -3.85. The molecule has 2 aliphatic rings. The number of carbonyl (C=O) groups excluding carboxylic acids is 1. The van der Waals surface area contributed by atoms with E-state index in [1.165, 1.54) is 26.4 Å². The minimum absolute atomic E-state index is 0.149. The van der Waals surface area contributed by atoms with Crippen LogP contribution < -0.4 is 9.47 Å². The minimum Gasteiger partial charge on any atom is -0.493 e. The van der Waals surface area contributed by atoms with Crippen LogP contribution in [0.2, 0.25) is 0 Å². The molecule has 4 heteroatoms. The van der Waals surface area contributed by atoms with Crippen molar-refractivity contribution in [1.29, 1.82) is 0 Å². The van der Waals surface area contributed by atoms with Gasteiger partial charge in [-0.3, -0.25) is 9.69 Å². The molecular weight excluding hydrogens is 350 g/mol. The first-order chi connectivity index (χ1) is 18.7. The Morgan fingerprint density at radius 2 is 1.86 bits per heavy atom. The Morgan fingerprint density at radius 1 is 1.18 bits per heavy atom. The van der Waals surface area contributed by atoms with Crippen molar-refractivity contribution in [1.82, 2.24) is 4.90 Å². The number of ether oxygens (including phenoxy) is 2. The lowest BCUT2D eigenvalue weighted by Crippen LogP contribution is -2.34. The number of benzene rings is 2. The third-order valence-electron chi connectivity index (χ3n) is 4.52. The van der Waals surface area contributed by atoms with Crippen molar-refractivity contribution in [3.63, 3.8) is 0 Å². The van der Waals surface area contributed by atoms with Crippen molar-refractivity contribution >= 4 is 5.78 Å². The van der Waals surface area contributed by atoms with Gasteiger partial charge in [0, 0.05) is 33.1 Å². The van der Waals surface area contributed by atoms with Gasteiger partial charge < -0.3 is 9.47 Å². The third-order valence-corrected chi connectivity index (χ3v) is 4.52. The summed E-state index contributed by atoms with van der Waals surface area (Å²) < 4.78 is 124. The molecule has 148 valence electrons. The summed E-state index contributed by atoms with van der Waals surface area (Å²) in [7, 11) is 2.37. The van der Waals surface area contributed by atoms with Crippen LogP contribution in [0, 0.1) is 11.8 Å². The molecule has 0 bridgehead atoms. The first-order valence-corrected chi connectivity index (χ1v) is 8.80. The molecule has 4 nitrogen and oxygen atoms in total. The van der Waals surface area contributed by atoms with Crippen molar-refractivity contribution in [2.24, 2.45) is 11.8 Å². The average Bonchev–Trinajstić information content (AvgIpc) is 3.26. The van der Waals surface area contributed by atoms with Crippen LogP contribution in [0.5, 0.6) is 11.5 Å². The number of fused-ring (bicyclic) bond motifs is 1. The molecule has 0 aromatic heterocycles. The monoisotopic (exact) mass is 392 g/mol. The van der Waals surface area contributed by atoms with Crippen molar-refractivity contribution in [2.75, 3.05) is 27.2 Å². The maximum absolute atomic E-state index is 13.7. The second kappa shape index (κ2) is 8.36. The molecule has 1 unspecified atom stereocenters. The van der Waals surface area contributed by atoms with Crippen molar-refractivity contribution < 1.29 is 32.1 Å². The zero-order valence-electron chi connectivity index (χ0n) is 28.6. The highest BCUT2D eigenvalue weighted by molar-refractivity contribution is 6.02. The fourth-order valence-corrected chi connectivity index (χ4v) is 3.14. The van der Waals surface area contributed by atoms with Crippen molar-refractivity contribution in [3.8, 4) is 11.5 Å². The molecule has 4 rings (SSSR count). The summed E-state index contributed by atoms with van der Waals surface area (Å²) in [6.07, 6.45) is -11.7. The summed E-state index contributed by atoms with van der Waals surface area (Å²) >= 11 is 0. The highest BCUT2D eigenvalue weighted by atomic mass is 16.5. The SMILES string of the molecule is [2H]c1c2c(c([2H])c(OC)c1OC)C(=O)C(C([2H])([2H])C1([2H])C([2H])([2H])C([2H])([2H])N(Cc3ccccc3)C([2H])([2H])C1([2H])[2H])C2. The van der Waals surface area contributed by atoms with Crippen LogP contribution in [-0.2, 0) is 13.0 Å². The molecule has 2 aromatic rings. The fraction of sp³-hybridized carbons (Fsp3) is 0.458. The predicted octanol–water partition coefficient (Wildman–Crippen LogP) is 4.36. The molecule has 1 saturated heterocycles. The lowest BCUT2D eigenvalue weighted by Gasteiger charge is -2.32. The van der Waals surface area contributed by atoms with Crippen molar-refractivity contribution in [3.05, 3.63) is 59.1 Å². The number of hydrogen-bond acceptors (Lipinski definition) is 4. The topological polar surface area (TPSA) is 38.8 Å². The van der Waals surface area contributed by atoms with Gasteiger partial charge in [-0.1, -0.05) is 30.3 Å². The summed E-state index contributed by atoms with van der Waals surface area (Å²) in [5.74, 6) is -7.53. The Hall–Kier alpha value is -2.33. The Balaban J connectivity index is 1.90. The van der Waals surface area contributed by atoms with E-state index in [2.05, 4.69) is 0 Å². The maximum Gasteiger partial charge on any atom is 0.166 e. The molecule has 1 heterocycles. The van der Waals surface area contributed by atoms with Gasteiger partial charge in [-0.15, -0.1) is 0 Å². The molecule has 0 saturated carbocycles. The van der Waals surface area contributed by atoms with Crippen LogP contribution in [0.1, 0.15) is 58.4 Å². The van der Waals surface area contributed by atoms with E-state index < -0.39 is 80.3 Å². The Kier molecular flexibility index (Phi) is 2.69. The summed E-state index contributed by atoms with van der Waals surface area (Å²) in [6, 6.07) is 6.88. The smallest absolute Gasteiger partial charge is 0.166 e. The normalized spacial score (nSPS) is 35.9. The van der Waals surface area contributed by atoms with E-state index in [9.17, 15) is 4.79 Å². The van der Waals surface area contributed by atoms with Crippen molar-refractivity contribution in [2.45, 2.75) is 32.1 Å². The standard InChI is InChI=1S/C24H29NO3/c1-27-22-14-19-13-20(24(26)21(19)15-23(22)28-2)12-17-8-10-25(11-9-17)16-18-6-4-3-5-7-18/h3-7,14-15,17,20H,8-13,16H2,1-2H3/i8D2,9D2,10D2,11D2,12D2,14D,15D,17D. The van der Waals surface area contributed by atoms with Crippen LogP contribution in [0.3, 0.4) is 0 Å². The third kappa shape index (κ3) is 3.93. The van der Waals surface area contributed by atoms with E-state index in [0.29, 0.717) is 10.5 Å². The zero-order chi connectivity index (χ0) is 31.1. The maximum atomic E-state index is 13.7. The number of nitrogens with zero attached hydrogens (tertiary/aromatic N) is 1. The molecule has 1 fully saturated rings. The lowest BCUT2D eigenvalue weighted by molar-refractivity contribution is 0.0895. The van der Waals surface area contributed by atoms with Gasteiger partial charge in [-0.05, 0) is 67.6 Å². The molecule has 0 amide bonds. The number of piperidine rings is 1. The van der Waals surface area contributed by atoms with E-state index in [-0.39, 0.29) is 17.1 Å². The number of carbonyl (C=O) groups is 1. The first kappa shape index (κ1) is 9.00. The zero-order valence-corrected chi connectivity index (χ0v) is 15.6. The number of hydrogen-bond donors (Lipinski definition) is 0. The number of likely N-dealkylation sites (tertiary alicyclic amines) is 1. The lowest BCUT2D eigenvalue weighted by atomic mass is 9.85. The summed E-state index contributed by atoms with van der Waals surface area (Å²) in [4.78, 5) is 14.0. The Bertz CT molecular complexity index is 1350. The van der Waals surface area contributed by atoms with Crippen LogP contribution in [0.25, 0.3) is 0 Å². The largest absolute Gasteiger partial charge is 0.493 e. The van der Waals surface area contributed by atoms with Gasteiger partial charge in [0.05, 0.1) is 17.0 Å². The summed E-state index contributed by atoms with van der Waals surface area (Å²) in [6.45, 7) is -7.50. The second-order valence-electron chi connectivity index (χ2n) is 6.36. The second-order valence-corrected chi connectivity index (χ2v) is 6.36. The molecule has 1 atom stereocenters. The molecule has 1 aliphatic carbocycles. The van der Waals surface area contributed by atoms with E-state index >= 15 is 0 Å². The van der Waals surface area contributed by atoms with Gasteiger partial charge in [0.2, 0.25) is 0 Å². The van der Waals surface area contributed by atoms with Crippen LogP contribution in [-0.4, -0.2) is 37.9 Å². The summed E-state index contributed by atoms with van der Waals surface area (Å²) in [5, 5.41) is 0. The molecule has 1 aliphatic heterocycles. The van der Waals surface area contributed by atoms with Gasteiger partial charge in [0.15, 0.2) is 17.3 Å². The molecule has 2 aromatic carbocycles. The predicted molar refractivity (Wildman–Crippen MR) is 110 cm³/mol. The first-order valence-electron chi connectivity index (χ1n) is 15.3. The highest BCUT2D eigenvalue weighted by Gasteiger charge is 2.34. The number of ketones is 1. The van der Waals surface area contributed by atoms with Crippen LogP contribution in [0.15, 0.2) is 42.4 Å². The Morgan fingerprint density at radius 3 is 2.54 bits per heavy atom. The van der Waals surface area contributed by atoms with E-state index in [1.807, 2.05) is 0 Å². The average molecular weight is 393 g/mol. The van der Waals surface area contributed by atoms with Gasteiger partial charge in [0.1, 0.15) is 0 Å². The molecule has 28 heavy (non-hydrogen) atoms. The molecule has 0 radical (unpaired) electrons. The number of Topliss-reactive ketones (excluding diaryl/α,β-unsaturated/α-hetero) is 1. The van der Waals surface area contributed by atoms with E-state index in [0.717, 1.165) is 0 Å². The highest BCUT2D eigenvalue weighted by Crippen LogP contribution is 2.39. The number of methoxy groups -OCH3 is 2. The van der Waals surface area contributed by atoms with Crippen LogP contribution >= 0.6 is 0 Å². The van der Waals surface area contributed by atoms with E-state index in [4.69, 9.17) is 27.3 Å².